The van der Waals surface area contributed by atoms with Gasteiger partial charge in [0.05, 0.1) is 10.6 Å². The minimum Gasteiger partial charge on any atom is -0.306 e. The number of fused-ring (bicyclic) bond motifs is 1. The van der Waals surface area contributed by atoms with Crippen LogP contribution in [0.4, 0.5) is 19.3 Å². The summed E-state index contributed by atoms with van der Waals surface area (Å²) in [6, 6.07) is 1.36. The lowest BCUT2D eigenvalue weighted by molar-refractivity contribution is 0.257. The van der Waals surface area contributed by atoms with Crippen molar-refractivity contribution in [1.82, 2.24) is 4.72 Å². The number of nitrogens with one attached hydrogen (secondary N) is 2. The van der Waals surface area contributed by atoms with E-state index in [-0.39, 0.29) is 10.6 Å². The molecule has 0 bridgehead atoms. The summed E-state index contributed by atoms with van der Waals surface area (Å²) in [6.45, 7) is 0. The Balaban J connectivity index is 2.53. The monoisotopic (exact) mass is 202 g/mol. The molecule has 0 aliphatic carbocycles. The van der Waals surface area contributed by atoms with Crippen LogP contribution in [-0.2, 0) is 0 Å². The van der Waals surface area contributed by atoms with E-state index in [0.717, 1.165) is 24.1 Å². The van der Waals surface area contributed by atoms with E-state index in [4.69, 9.17) is 0 Å². The molecule has 1 aliphatic heterocycles. The van der Waals surface area contributed by atoms with E-state index in [9.17, 15) is 13.6 Å². The molecular weight excluding hydrogens is 198 g/mol. The maximum absolute atomic E-state index is 13.0. The molecule has 1 aromatic rings. The van der Waals surface area contributed by atoms with Gasteiger partial charge in [-0.25, -0.2) is 13.6 Å². The molecule has 0 spiro atoms. The lowest BCUT2D eigenvalue weighted by atomic mass is 10.3. The predicted octanol–water partition coefficient (Wildman–Crippen LogP) is 2.11. The molecule has 0 saturated carbocycles. The summed E-state index contributed by atoms with van der Waals surface area (Å²) in [5.74, 6) is -1.40. The summed E-state index contributed by atoms with van der Waals surface area (Å²) in [7, 11) is 0. The van der Waals surface area contributed by atoms with Gasteiger partial charge in [-0.3, -0.25) is 4.72 Å². The molecule has 6 heteroatoms. The Hall–Kier alpha value is -1.30. The van der Waals surface area contributed by atoms with Crippen LogP contribution in [0.15, 0.2) is 17.0 Å². The lowest BCUT2D eigenvalue weighted by Crippen LogP contribution is -2.27. The second kappa shape index (κ2) is 2.88. The molecular formula is C7H4F2N2OS. The molecule has 2 amide bonds. The summed E-state index contributed by atoms with van der Waals surface area (Å²) < 4.78 is 28.0. The zero-order valence-electron chi connectivity index (χ0n) is 6.23. The van der Waals surface area contributed by atoms with Crippen LogP contribution >= 0.6 is 11.9 Å². The minimum absolute atomic E-state index is 0.159. The highest BCUT2D eigenvalue weighted by Crippen LogP contribution is 2.31. The Bertz CT molecular complexity index is 383. The molecule has 2 rings (SSSR count). The van der Waals surface area contributed by atoms with Crippen molar-refractivity contribution in [2.24, 2.45) is 0 Å². The fourth-order valence-electron chi connectivity index (χ4n) is 1.00. The molecule has 0 fully saturated rings. The number of urea groups is 1. The van der Waals surface area contributed by atoms with Gasteiger partial charge >= 0.3 is 6.03 Å². The van der Waals surface area contributed by atoms with Gasteiger partial charge in [0.25, 0.3) is 0 Å². The zero-order chi connectivity index (χ0) is 9.42. The highest BCUT2D eigenvalue weighted by molar-refractivity contribution is 7.98. The van der Waals surface area contributed by atoms with E-state index in [1.807, 2.05) is 0 Å². The fourth-order valence-corrected chi connectivity index (χ4v) is 1.62. The number of carbonyl (C=O) groups is 1. The molecule has 1 aromatic carbocycles. The Kier molecular flexibility index (Phi) is 1.84. The van der Waals surface area contributed by atoms with E-state index in [1.165, 1.54) is 0 Å². The van der Waals surface area contributed by atoms with Gasteiger partial charge in [0.15, 0.2) is 0 Å². The maximum atomic E-state index is 13.0. The van der Waals surface area contributed by atoms with Crippen molar-refractivity contribution >= 4 is 23.7 Å². The van der Waals surface area contributed by atoms with E-state index >= 15 is 0 Å². The third-order valence-corrected chi connectivity index (χ3v) is 2.41. The molecule has 3 nitrogen and oxygen atoms in total. The standard InChI is InChI=1S/C7H4F2N2OS/c8-3-1-4(9)6-5(2-3)10-7(12)11-13-6/h1-2H,(H2,10,11,12). The number of hydrogen-bond acceptors (Lipinski definition) is 2. The number of rotatable bonds is 0. The Morgan fingerprint density at radius 2 is 2.08 bits per heavy atom. The average Bonchev–Trinajstić information content (AvgIpc) is 2.02. The van der Waals surface area contributed by atoms with Crippen LogP contribution in [0.25, 0.3) is 0 Å². The quantitative estimate of drug-likeness (QED) is 0.632. The number of carbonyl (C=O) groups excluding carboxylic acids is 1. The molecule has 0 radical (unpaired) electrons. The van der Waals surface area contributed by atoms with E-state index in [2.05, 4.69) is 10.0 Å². The molecule has 0 aromatic heterocycles. The van der Waals surface area contributed by atoms with Crippen LogP contribution in [0.5, 0.6) is 0 Å². The summed E-state index contributed by atoms with van der Waals surface area (Å²) in [5, 5.41) is 2.29. The van der Waals surface area contributed by atoms with Crippen LogP contribution < -0.4 is 10.0 Å². The van der Waals surface area contributed by atoms with Gasteiger partial charge < -0.3 is 5.32 Å². The highest BCUT2D eigenvalue weighted by Gasteiger charge is 2.19. The summed E-state index contributed by atoms with van der Waals surface area (Å²) in [4.78, 5) is 11.0. The third kappa shape index (κ3) is 1.44. The van der Waals surface area contributed by atoms with Gasteiger partial charge in [-0.15, -0.1) is 0 Å². The van der Waals surface area contributed by atoms with Crippen LogP contribution in [0.3, 0.4) is 0 Å². The first-order valence-electron chi connectivity index (χ1n) is 3.40. The van der Waals surface area contributed by atoms with Crippen LogP contribution in [0, 0.1) is 11.6 Å². The van der Waals surface area contributed by atoms with Crippen LogP contribution in [0.1, 0.15) is 0 Å². The van der Waals surface area contributed by atoms with Crippen molar-refractivity contribution in [2.75, 3.05) is 5.32 Å². The highest BCUT2D eigenvalue weighted by atomic mass is 32.2. The summed E-state index contributed by atoms with van der Waals surface area (Å²) in [5.41, 5.74) is 0.159. The molecule has 0 unspecified atom stereocenters. The predicted molar refractivity (Wildman–Crippen MR) is 44.4 cm³/mol. The second-order valence-corrected chi connectivity index (χ2v) is 3.24. The molecule has 0 atom stereocenters. The minimum atomic E-state index is -0.709. The van der Waals surface area contributed by atoms with Gasteiger partial charge in [-0.2, -0.15) is 0 Å². The Labute approximate surface area is 76.6 Å². The second-order valence-electron chi connectivity index (χ2n) is 2.42. The molecule has 68 valence electrons. The van der Waals surface area contributed by atoms with Gasteiger partial charge in [-0.1, -0.05) is 0 Å². The summed E-state index contributed by atoms with van der Waals surface area (Å²) in [6.07, 6.45) is 0. The first-order valence-corrected chi connectivity index (χ1v) is 4.21. The van der Waals surface area contributed by atoms with Crippen molar-refractivity contribution in [2.45, 2.75) is 4.90 Å². The number of anilines is 1. The zero-order valence-corrected chi connectivity index (χ0v) is 7.04. The maximum Gasteiger partial charge on any atom is 0.329 e. The SMILES string of the molecule is O=C1NSc2c(F)cc(F)cc2N1. The van der Waals surface area contributed by atoms with Crippen molar-refractivity contribution < 1.29 is 13.6 Å². The van der Waals surface area contributed by atoms with Crippen LogP contribution in [0.2, 0.25) is 0 Å². The molecule has 1 heterocycles. The average molecular weight is 202 g/mol. The molecule has 0 saturated heterocycles. The number of amides is 2. The Morgan fingerprint density at radius 3 is 2.85 bits per heavy atom. The third-order valence-electron chi connectivity index (χ3n) is 1.50. The molecule has 13 heavy (non-hydrogen) atoms. The van der Waals surface area contributed by atoms with E-state index in [1.54, 1.807) is 0 Å². The van der Waals surface area contributed by atoms with Gasteiger partial charge in [0, 0.05) is 6.07 Å². The first kappa shape index (κ1) is 8.31. The lowest BCUT2D eigenvalue weighted by Gasteiger charge is -2.17. The normalized spacial score (nSPS) is 14.5. The van der Waals surface area contributed by atoms with Gasteiger partial charge in [0.1, 0.15) is 11.6 Å². The van der Waals surface area contributed by atoms with E-state index < -0.39 is 17.7 Å². The summed E-state index contributed by atoms with van der Waals surface area (Å²) >= 11 is 0.828. The Morgan fingerprint density at radius 1 is 1.31 bits per heavy atom. The molecule has 2 N–H and O–H groups in total. The fraction of sp³-hybridized carbons (Fsp3) is 0. The topological polar surface area (TPSA) is 41.1 Å². The van der Waals surface area contributed by atoms with Gasteiger partial charge in [-0.05, 0) is 18.0 Å². The smallest absolute Gasteiger partial charge is 0.306 e. The number of halogens is 2. The number of benzene rings is 1. The van der Waals surface area contributed by atoms with Crippen LogP contribution in [-0.4, -0.2) is 6.03 Å². The van der Waals surface area contributed by atoms with Gasteiger partial charge in [0.2, 0.25) is 0 Å². The van der Waals surface area contributed by atoms with Crippen molar-refractivity contribution in [3.05, 3.63) is 23.8 Å². The van der Waals surface area contributed by atoms with Crippen molar-refractivity contribution in [3.63, 3.8) is 0 Å². The number of hydrogen-bond donors (Lipinski definition) is 2. The first-order chi connectivity index (χ1) is 6.16. The van der Waals surface area contributed by atoms with Crippen molar-refractivity contribution in [1.29, 1.82) is 0 Å². The van der Waals surface area contributed by atoms with Crippen molar-refractivity contribution in [3.8, 4) is 0 Å². The largest absolute Gasteiger partial charge is 0.329 e. The molecule has 1 aliphatic rings. The van der Waals surface area contributed by atoms with E-state index in [0.29, 0.717) is 0 Å².